The molecule has 7 nitrogen and oxygen atoms in total. The Balaban J connectivity index is 1.57. The Bertz CT molecular complexity index is 1000. The van der Waals surface area contributed by atoms with Crippen LogP contribution in [0.25, 0.3) is 0 Å². The van der Waals surface area contributed by atoms with Gasteiger partial charge in [-0.15, -0.1) is 0 Å². The fourth-order valence-corrected chi connectivity index (χ4v) is 3.73. The third-order valence-electron chi connectivity index (χ3n) is 5.45. The molecule has 0 saturated carbocycles. The van der Waals surface area contributed by atoms with Crippen LogP contribution in [0.3, 0.4) is 0 Å². The van der Waals surface area contributed by atoms with Gasteiger partial charge in [0, 0.05) is 26.1 Å². The number of carbonyl (C=O) groups excluding carboxylic acids is 3. The first-order valence-corrected chi connectivity index (χ1v) is 10.3. The monoisotopic (exact) mass is 424 g/mol. The van der Waals surface area contributed by atoms with E-state index in [0.717, 1.165) is 11.1 Å². The van der Waals surface area contributed by atoms with Crippen molar-refractivity contribution < 1.29 is 23.9 Å². The van der Waals surface area contributed by atoms with E-state index in [2.05, 4.69) is 0 Å². The maximum Gasteiger partial charge on any atom is 0.261 e. The molecule has 0 N–H and O–H groups in total. The van der Waals surface area contributed by atoms with E-state index in [1.54, 1.807) is 31.3 Å². The van der Waals surface area contributed by atoms with E-state index in [1.807, 2.05) is 38.1 Å². The van der Waals surface area contributed by atoms with Gasteiger partial charge < -0.3 is 14.4 Å². The van der Waals surface area contributed by atoms with Gasteiger partial charge in [0.1, 0.15) is 0 Å². The molecular formula is C24H28N2O5. The highest BCUT2D eigenvalue weighted by Gasteiger charge is 2.35. The second-order valence-corrected chi connectivity index (χ2v) is 7.51. The molecule has 0 atom stereocenters. The minimum Gasteiger partial charge on any atom is -0.493 e. The molecule has 164 valence electrons. The number of hydrogen-bond donors (Lipinski definition) is 0. The number of rotatable bonds is 9. The Hall–Kier alpha value is -3.35. The summed E-state index contributed by atoms with van der Waals surface area (Å²) in [6.45, 7) is 5.04. The van der Waals surface area contributed by atoms with Crippen LogP contribution < -0.4 is 9.47 Å². The van der Waals surface area contributed by atoms with Crippen LogP contribution in [0.2, 0.25) is 0 Å². The Morgan fingerprint density at radius 2 is 1.68 bits per heavy atom. The second kappa shape index (κ2) is 9.64. The van der Waals surface area contributed by atoms with Crippen molar-refractivity contribution in [3.8, 4) is 11.5 Å². The highest BCUT2D eigenvalue weighted by molar-refractivity contribution is 6.21. The van der Waals surface area contributed by atoms with Crippen molar-refractivity contribution >= 4 is 17.7 Å². The predicted molar refractivity (Wildman–Crippen MR) is 116 cm³/mol. The number of amides is 3. The molecule has 0 spiro atoms. The van der Waals surface area contributed by atoms with Gasteiger partial charge >= 0.3 is 0 Å². The number of carbonyl (C=O) groups is 3. The zero-order chi connectivity index (χ0) is 22.5. The Kier molecular flexibility index (Phi) is 6.95. The van der Waals surface area contributed by atoms with Gasteiger partial charge in [-0.2, -0.15) is 0 Å². The first-order chi connectivity index (χ1) is 14.9. The predicted octanol–water partition coefficient (Wildman–Crippen LogP) is 3.44. The lowest BCUT2D eigenvalue weighted by molar-refractivity contribution is -0.131. The number of ether oxygens (including phenoxy) is 2. The molecule has 0 aromatic heterocycles. The molecule has 0 bridgehead atoms. The summed E-state index contributed by atoms with van der Waals surface area (Å²) in [5.41, 5.74) is 2.75. The number of benzene rings is 2. The van der Waals surface area contributed by atoms with Crippen LogP contribution in [0.4, 0.5) is 0 Å². The van der Waals surface area contributed by atoms with Gasteiger partial charge in [-0.1, -0.05) is 17.7 Å². The largest absolute Gasteiger partial charge is 0.493 e. The topological polar surface area (TPSA) is 76.2 Å². The maximum atomic E-state index is 12.7. The van der Waals surface area contributed by atoms with Crippen LogP contribution in [-0.4, -0.2) is 54.8 Å². The number of fused-ring (bicyclic) bond motifs is 1. The second-order valence-electron chi connectivity index (χ2n) is 7.51. The van der Waals surface area contributed by atoms with Crippen LogP contribution in [0.5, 0.6) is 11.5 Å². The molecule has 1 heterocycles. The summed E-state index contributed by atoms with van der Waals surface area (Å²) in [5.74, 6) is 0.657. The molecule has 1 aliphatic heterocycles. The molecule has 1 aliphatic rings. The number of hydrogen-bond acceptors (Lipinski definition) is 5. The quantitative estimate of drug-likeness (QED) is 0.577. The van der Waals surface area contributed by atoms with E-state index in [4.69, 9.17) is 9.47 Å². The molecule has 31 heavy (non-hydrogen) atoms. The van der Waals surface area contributed by atoms with E-state index in [1.165, 1.54) is 4.90 Å². The first kappa shape index (κ1) is 22.3. The standard InChI is InChI=1S/C24H28N2O5/c1-5-25(15-17-9-11-20(30-3)21(14-17)31-4)22(27)7-6-12-26-23(28)18-10-8-16(2)13-19(18)24(26)29/h8-11,13-14H,5-7,12,15H2,1-4H3. The third kappa shape index (κ3) is 4.71. The SMILES string of the molecule is CCN(Cc1ccc(OC)c(OC)c1)C(=O)CCCN1C(=O)c2ccc(C)cc2C1=O. The summed E-state index contributed by atoms with van der Waals surface area (Å²) in [7, 11) is 3.15. The fourth-order valence-electron chi connectivity index (χ4n) is 3.73. The zero-order valence-corrected chi connectivity index (χ0v) is 18.4. The van der Waals surface area contributed by atoms with E-state index in [9.17, 15) is 14.4 Å². The summed E-state index contributed by atoms with van der Waals surface area (Å²) >= 11 is 0. The van der Waals surface area contributed by atoms with E-state index >= 15 is 0 Å². The molecule has 3 rings (SSSR count). The van der Waals surface area contributed by atoms with Gasteiger partial charge in [-0.3, -0.25) is 19.3 Å². The summed E-state index contributed by atoms with van der Waals surface area (Å²) in [4.78, 5) is 40.8. The fraction of sp³-hybridized carbons (Fsp3) is 0.375. The number of imide groups is 1. The van der Waals surface area contributed by atoms with E-state index in [-0.39, 0.29) is 30.7 Å². The maximum absolute atomic E-state index is 12.7. The molecule has 2 aromatic rings. The average Bonchev–Trinajstić information content (AvgIpc) is 3.01. The minimum atomic E-state index is -0.287. The highest BCUT2D eigenvalue weighted by Crippen LogP contribution is 2.28. The van der Waals surface area contributed by atoms with Gasteiger partial charge in [0.25, 0.3) is 11.8 Å². The third-order valence-corrected chi connectivity index (χ3v) is 5.45. The van der Waals surface area contributed by atoms with Crippen molar-refractivity contribution in [2.45, 2.75) is 33.2 Å². The molecule has 0 aliphatic carbocycles. The van der Waals surface area contributed by atoms with E-state index in [0.29, 0.717) is 42.1 Å². The summed E-state index contributed by atoms with van der Waals surface area (Å²) in [5, 5.41) is 0. The average molecular weight is 424 g/mol. The van der Waals surface area contributed by atoms with Crippen LogP contribution in [-0.2, 0) is 11.3 Å². The normalized spacial score (nSPS) is 12.7. The Morgan fingerprint density at radius 3 is 2.35 bits per heavy atom. The summed E-state index contributed by atoms with van der Waals surface area (Å²) in [6.07, 6.45) is 0.680. The highest BCUT2D eigenvalue weighted by atomic mass is 16.5. The Labute approximate surface area is 182 Å². The molecule has 0 unspecified atom stereocenters. The minimum absolute atomic E-state index is 0.0234. The molecule has 0 saturated heterocycles. The van der Waals surface area contributed by atoms with Gasteiger partial charge in [0.05, 0.1) is 25.3 Å². The van der Waals surface area contributed by atoms with Crippen molar-refractivity contribution in [2.24, 2.45) is 0 Å². The Morgan fingerprint density at radius 1 is 0.968 bits per heavy atom. The lowest BCUT2D eigenvalue weighted by Gasteiger charge is -2.22. The molecule has 2 aromatic carbocycles. The van der Waals surface area contributed by atoms with Crippen molar-refractivity contribution in [3.63, 3.8) is 0 Å². The first-order valence-electron chi connectivity index (χ1n) is 10.3. The smallest absolute Gasteiger partial charge is 0.261 e. The number of methoxy groups -OCH3 is 2. The van der Waals surface area contributed by atoms with Crippen LogP contribution in [0.1, 0.15) is 51.6 Å². The lowest BCUT2D eigenvalue weighted by Crippen LogP contribution is -2.33. The number of aryl methyl sites for hydroxylation is 1. The van der Waals surface area contributed by atoms with Crippen LogP contribution >= 0.6 is 0 Å². The van der Waals surface area contributed by atoms with E-state index < -0.39 is 0 Å². The summed E-state index contributed by atoms with van der Waals surface area (Å²) in [6, 6.07) is 10.8. The van der Waals surface area contributed by atoms with Crippen molar-refractivity contribution in [3.05, 3.63) is 58.7 Å². The zero-order valence-electron chi connectivity index (χ0n) is 18.4. The van der Waals surface area contributed by atoms with Crippen molar-refractivity contribution in [1.29, 1.82) is 0 Å². The molecule has 0 radical (unpaired) electrons. The molecule has 0 fully saturated rings. The van der Waals surface area contributed by atoms with Crippen LogP contribution in [0, 0.1) is 6.92 Å². The van der Waals surface area contributed by atoms with Gasteiger partial charge in [-0.05, 0) is 50.1 Å². The van der Waals surface area contributed by atoms with Crippen LogP contribution in [0.15, 0.2) is 36.4 Å². The van der Waals surface area contributed by atoms with Gasteiger partial charge in [-0.25, -0.2) is 0 Å². The molecule has 3 amide bonds. The summed E-state index contributed by atoms with van der Waals surface area (Å²) < 4.78 is 10.6. The van der Waals surface area contributed by atoms with Crippen molar-refractivity contribution in [2.75, 3.05) is 27.3 Å². The van der Waals surface area contributed by atoms with Crippen molar-refractivity contribution in [1.82, 2.24) is 9.80 Å². The lowest BCUT2D eigenvalue weighted by atomic mass is 10.1. The number of nitrogens with zero attached hydrogens (tertiary/aromatic N) is 2. The molecule has 7 heteroatoms. The van der Waals surface area contributed by atoms with Gasteiger partial charge in [0.15, 0.2) is 11.5 Å². The molecular weight excluding hydrogens is 396 g/mol. The van der Waals surface area contributed by atoms with Gasteiger partial charge in [0.2, 0.25) is 5.91 Å².